The molecule has 2 rings (SSSR count). The molecule has 0 bridgehead atoms. The fraction of sp³-hybridized carbons (Fsp3) is 0.600. The maximum Gasteiger partial charge on any atom is 0.0237 e. The van der Waals surface area contributed by atoms with Crippen LogP contribution in [0.25, 0.3) is 0 Å². The number of nitrogens with two attached hydrogens (primary N) is 1. The smallest absolute Gasteiger partial charge is 0.0237 e. The van der Waals surface area contributed by atoms with Crippen molar-refractivity contribution in [3.05, 3.63) is 35.4 Å². The van der Waals surface area contributed by atoms with Gasteiger partial charge in [0, 0.05) is 19.1 Å². The summed E-state index contributed by atoms with van der Waals surface area (Å²) in [6.45, 7) is 5.22. The highest BCUT2D eigenvalue weighted by atomic mass is 15.2. The van der Waals surface area contributed by atoms with Gasteiger partial charge in [-0.15, -0.1) is 0 Å². The van der Waals surface area contributed by atoms with Gasteiger partial charge < -0.3 is 5.73 Å². The van der Waals surface area contributed by atoms with E-state index in [-0.39, 0.29) is 0 Å². The molecule has 0 aliphatic carbocycles. The molecule has 1 aromatic carbocycles. The lowest BCUT2D eigenvalue weighted by molar-refractivity contribution is 0.196. The van der Waals surface area contributed by atoms with Gasteiger partial charge in [0.05, 0.1) is 0 Å². The second-order valence-electron chi connectivity index (χ2n) is 5.20. The van der Waals surface area contributed by atoms with Crippen LogP contribution in [0.2, 0.25) is 0 Å². The zero-order chi connectivity index (χ0) is 12.1. The molecule has 1 unspecified atom stereocenters. The van der Waals surface area contributed by atoms with Gasteiger partial charge in [0.1, 0.15) is 0 Å². The molecule has 1 heterocycles. The molecule has 1 aromatic rings. The van der Waals surface area contributed by atoms with Crippen LogP contribution in [0.1, 0.15) is 36.8 Å². The standard InChI is InChI=1S/C15H24N2/c1-13-6-5-7-14(10-13)12-17-9-4-2-3-8-15(17)11-16/h5-7,10,15H,2-4,8-9,11-12,16H2,1H3. The first-order valence-corrected chi connectivity index (χ1v) is 6.79. The summed E-state index contributed by atoms with van der Waals surface area (Å²) in [6.07, 6.45) is 5.29. The predicted octanol–water partition coefficient (Wildman–Crippen LogP) is 2.70. The topological polar surface area (TPSA) is 29.3 Å². The minimum absolute atomic E-state index is 0.581. The maximum absolute atomic E-state index is 5.90. The Labute approximate surface area is 105 Å². The lowest BCUT2D eigenvalue weighted by atomic mass is 10.1. The van der Waals surface area contributed by atoms with E-state index in [1.807, 2.05) is 0 Å². The summed E-state index contributed by atoms with van der Waals surface area (Å²) in [5, 5.41) is 0. The summed E-state index contributed by atoms with van der Waals surface area (Å²) in [4.78, 5) is 2.57. The molecule has 17 heavy (non-hydrogen) atoms. The van der Waals surface area contributed by atoms with Gasteiger partial charge in [0.15, 0.2) is 0 Å². The van der Waals surface area contributed by atoms with Gasteiger partial charge >= 0.3 is 0 Å². The Morgan fingerprint density at radius 3 is 2.94 bits per heavy atom. The molecule has 94 valence electrons. The third-order valence-corrected chi connectivity index (χ3v) is 3.74. The third-order valence-electron chi connectivity index (χ3n) is 3.74. The van der Waals surface area contributed by atoms with Crippen LogP contribution in [0.15, 0.2) is 24.3 Å². The third kappa shape index (κ3) is 3.55. The number of benzene rings is 1. The van der Waals surface area contributed by atoms with Gasteiger partial charge in [-0.3, -0.25) is 4.90 Å². The molecular formula is C15H24N2. The van der Waals surface area contributed by atoms with Gasteiger partial charge in [-0.1, -0.05) is 42.7 Å². The summed E-state index contributed by atoms with van der Waals surface area (Å²) in [6, 6.07) is 9.41. The average molecular weight is 232 g/mol. The fourth-order valence-electron chi connectivity index (χ4n) is 2.76. The second-order valence-corrected chi connectivity index (χ2v) is 5.20. The van der Waals surface area contributed by atoms with Gasteiger partial charge in [-0.2, -0.15) is 0 Å². The van der Waals surface area contributed by atoms with Gasteiger partial charge in [-0.25, -0.2) is 0 Å². The van der Waals surface area contributed by atoms with Crippen molar-refractivity contribution >= 4 is 0 Å². The Bertz CT molecular complexity index is 349. The van der Waals surface area contributed by atoms with Gasteiger partial charge in [0.2, 0.25) is 0 Å². The van der Waals surface area contributed by atoms with E-state index in [9.17, 15) is 0 Å². The first kappa shape index (κ1) is 12.6. The van der Waals surface area contributed by atoms with E-state index in [4.69, 9.17) is 5.73 Å². The molecule has 1 aliphatic heterocycles. The van der Waals surface area contributed by atoms with E-state index < -0.39 is 0 Å². The Morgan fingerprint density at radius 2 is 2.18 bits per heavy atom. The minimum Gasteiger partial charge on any atom is -0.329 e. The number of rotatable bonds is 3. The molecule has 1 atom stereocenters. The van der Waals surface area contributed by atoms with Crippen LogP contribution in [0.4, 0.5) is 0 Å². The normalized spacial score (nSPS) is 22.4. The van der Waals surface area contributed by atoms with E-state index in [0.29, 0.717) is 6.04 Å². The number of aryl methyl sites for hydroxylation is 1. The number of nitrogens with zero attached hydrogens (tertiary/aromatic N) is 1. The van der Waals surface area contributed by atoms with Crippen LogP contribution in [0.3, 0.4) is 0 Å². The summed E-state index contributed by atoms with van der Waals surface area (Å²) in [7, 11) is 0. The van der Waals surface area contributed by atoms with Crippen LogP contribution in [0.5, 0.6) is 0 Å². The van der Waals surface area contributed by atoms with E-state index >= 15 is 0 Å². The molecule has 2 nitrogen and oxygen atoms in total. The molecule has 1 fully saturated rings. The Kier molecular flexibility index (Phi) is 4.57. The van der Waals surface area contributed by atoms with Crippen molar-refractivity contribution in [2.24, 2.45) is 5.73 Å². The monoisotopic (exact) mass is 232 g/mol. The second kappa shape index (κ2) is 6.18. The molecule has 0 spiro atoms. The van der Waals surface area contributed by atoms with Crippen molar-refractivity contribution in [1.82, 2.24) is 4.90 Å². The zero-order valence-corrected chi connectivity index (χ0v) is 10.9. The SMILES string of the molecule is Cc1cccc(CN2CCCCCC2CN)c1. The molecular weight excluding hydrogens is 208 g/mol. The molecule has 0 aromatic heterocycles. The van der Waals surface area contributed by atoms with Crippen molar-refractivity contribution < 1.29 is 0 Å². The zero-order valence-electron chi connectivity index (χ0n) is 10.9. The van der Waals surface area contributed by atoms with Gasteiger partial charge in [0.25, 0.3) is 0 Å². The Balaban J connectivity index is 2.04. The Hall–Kier alpha value is -0.860. The lowest BCUT2D eigenvalue weighted by Gasteiger charge is -2.29. The van der Waals surface area contributed by atoms with Crippen molar-refractivity contribution in [3.63, 3.8) is 0 Å². The van der Waals surface area contributed by atoms with E-state index in [1.165, 1.54) is 43.4 Å². The summed E-state index contributed by atoms with van der Waals surface area (Å²) >= 11 is 0. The number of hydrogen-bond acceptors (Lipinski definition) is 2. The van der Waals surface area contributed by atoms with Gasteiger partial charge in [-0.05, 0) is 31.9 Å². The average Bonchev–Trinajstić information content (AvgIpc) is 2.54. The van der Waals surface area contributed by atoms with Crippen molar-refractivity contribution in [1.29, 1.82) is 0 Å². The first-order chi connectivity index (χ1) is 8.29. The molecule has 1 aliphatic rings. The fourth-order valence-corrected chi connectivity index (χ4v) is 2.76. The number of likely N-dealkylation sites (tertiary alicyclic amines) is 1. The summed E-state index contributed by atoms with van der Waals surface area (Å²) in [5.41, 5.74) is 8.68. The van der Waals surface area contributed by atoms with Crippen LogP contribution in [-0.2, 0) is 6.54 Å². The van der Waals surface area contributed by atoms with E-state index in [1.54, 1.807) is 0 Å². The van der Waals surface area contributed by atoms with E-state index in [0.717, 1.165) is 13.1 Å². The molecule has 0 saturated carbocycles. The van der Waals surface area contributed by atoms with Crippen LogP contribution in [-0.4, -0.2) is 24.0 Å². The lowest BCUT2D eigenvalue weighted by Crippen LogP contribution is -2.39. The predicted molar refractivity (Wildman–Crippen MR) is 72.9 cm³/mol. The molecule has 1 saturated heterocycles. The van der Waals surface area contributed by atoms with Crippen molar-refractivity contribution in [2.45, 2.75) is 45.2 Å². The Morgan fingerprint density at radius 1 is 1.29 bits per heavy atom. The molecule has 0 radical (unpaired) electrons. The maximum atomic E-state index is 5.90. The van der Waals surface area contributed by atoms with Crippen LogP contribution >= 0.6 is 0 Å². The first-order valence-electron chi connectivity index (χ1n) is 6.79. The van der Waals surface area contributed by atoms with Crippen LogP contribution in [0, 0.1) is 6.92 Å². The molecule has 2 N–H and O–H groups in total. The van der Waals surface area contributed by atoms with E-state index in [2.05, 4.69) is 36.1 Å². The molecule has 0 amide bonds. The summed E-state index contributed by atoms with van der Waals surface area (Å²) in [5.74, 6) is 0. The number of hydrogen-bond donors (Lipinski definition) is 1. The highest BCUT2D eigenvalue weighted by Gasteiger charge is 2.19. The van der Waals surface area contributed by atoms with Crippen molar-refractivity contribution in [3.8, 4) is 0 Å². The minimum atomic E-state index is 0.581. The summed E-state index contributed by atoms with van der Waals surface area (Å²) < 4.78 is 0. The van der Waals surface area contributed by atoms with Crippen LogP contribution < -0.4 is 5.73 Å². The highest BCUT2D eigenvalue weighted by Crippen LogP contribution is 2.19. The quantitative estimate of drug-likeness (QED) is 0.868. The highest BCUT2D eigenvalue weighted by molar-refractivity contribution is 5.22. The van der Waals surface area contributed by atoms with Crippen molar-refractivity contribution in [2.75, 3.05) is 13.1 Å². The molecule has 2 heteroatoms. The largest absolute Gasteiger partial charge is 0.329 e.